The predicted octanol–water partition coefficient (Wildman–Crippen LogP) is 2.27. The van der Waals surface area contributed by atoms with E-state index >= 15 is 0 Å². The lowest BCUT2D eigenvalue weighted by molar-refractivity contribution is -0.384. The molecule has 0 spiro atoms. The molecule has 1 aromatic carbocycles. The smallest absolute Gasteiger partial charge is 0.328 e. The molecule has 98 valence electrons. The zero-order valence-corrected chi connectivity index (χ0v) is 10.6. The summed E-state index contributed by atoms with van der Waals surface area (Å²) in [5.41, 5.74) is 1.01. The molecule has 1 unspecified atom stereocenters. The molecule has 0 heterocycles. The van der Waals surface area contributed by atoms with Crippen LogP contribution in [0.2, 0.25) is 0 Å². The van der Waals surface area contributed by atoms with Crippen LogP contribution < -0.4 is 5.32 Å². The summed E-state index contributed by atoms with van der Waals surface area (Å²) in [4.78, 5) is 21.9. The standard InChI is InChI=1S/C12H16N2O4/c1-4-18-12(15)9(3)13-11-8(2)6-5-7-10(11)14(16)17/h5-7,9,13H,4H2,1-3H3. The van der Waals surface area contributed by atoms with Crippen LogP contribution in [0.4, 0.5) is 11.4 Å². The Morgan fingerprint density at radius 1 is 1.56 bits per heavy atom. The number of rotatable bonds is 5. The lowest BCUT2D eigenvalue weighted by atomic mass is 10.1. The Morgan fingerprint density at radius 2 is 2.22 bits per heavy atom. The summed E-state index contributed by atoms with van der Waals surface area (Å²) in [6, 6.07) is 4.11. The van der Waals surface area contributed by atoms with E-state index in [9.17, 15) is 14.9 Å². The van der Waals surface area contributed by atoms with E-state index in [1.807, 2.05) is 0 Å². The van der Waals surface area contributed by atoms with Crippen molar-refractivity contribution in [1.82, 2.24) is 0 Å². The second kappa shape index (κ2) is 6.00. The van der Waals surface area contributed by atoms with E-state index in [4.69, 9.17) is 4.74 Å². The number of nitro groups is 1. The van der Waals surface area contributed by atoms with E-state index < -0.39 is 16.9 Å². The molecule has 1 atom stereocenters. The van der Waals surface area contributed by atoms with Crippen LogP contribution in [0.15, 0.2) is 18.2 Å². The van der Waals surface area contributed by atoms with Gasteiger partial charge in [0.1, 0.15) is 11.7 Å². The fourth-order valence-corrected chi connectivity index (χ4v) is 1.53. The van der Waals surface area contributed by atoms with Gasteiger partial charge in [0.2, 0.25) is 0 Å². The molecule has 1 N–H and O–H groups in total. The van der Waals surface area contributed by atoms with Gasteiger partial charge in [0, 0.05) is 6.07 Å². The molecule has 1 rings (SSSR count). The summed E-state index contributed by atoms with van der Waals surface area (Å²) in [6.07, 6.45) is 0. The Hall–Kier alpha value is -2.11. The summed E-state index contributed by atoms with van der Waals surface area (Å²) >= 11 is 0. The van der Waals surface area contributed by atoms with Crippen LogP contribution in [0.1, 0.15) is 19.4 Å². The molecule has 0 radical (unpaired) electrons. The third-order valence-electron chi connectivity index (χ3n) is 2.45. The molecule has 0 aliphatic carbocycles. The Labute approximate surface area is 105 Å². The number of carbonyl (C=O) groups excluding carboxylic acids is 1. The molecule has 0 aliphatic rings. The number of para-hydroxylation sites is 1. The Balaban J connectivity index is 2.96. The summed E-state index contributed by atoms with van der Waals surface area (Å²) in [5.74, 6) is -0.435. The molecular formula is C12H16N2O4. The molecule has 0 aliphatic heterocycles. The van der Waals surface area contributed by atoms with Crippen molar-refractivity contribution >= 4 is 17.3 Å². The van der Waals surface area contributed by atoms with E-state index in [1.54, 1.807) is 32.9 Å². The number of benzene rings is 1. The topological polar surface area (TPSA) is 81.5 Å². The quantitative estimate of drug-likeness (QED) is 0.494. The average Bonchev–Trinajstić information content (AvgIpc) is 2.31. The van der Waals surface area contributed by atoms with Crippen molar-refractivity contribution in [1.29, 1.82) is 0 Å². The van der Waals surface area contributed by atoms with Gasteiger partial charge in [-0.15, -0.1) is 0 Å². The van der Waals surface area contributed by atoms with Gasteiger partial charge in [-0.3, -0.25) is 10.1 Å². The lowest BCUT2D eigenvalue weighted by Gasteiger charge is -2.15. The summed E-state index contributed by atoms with van der Waals surface area (Å²) in [5, 5.41) is 13.7. The second-order valence-corrected chi connectivity index (χ2v) is 3.84. The minimum absolute atomic E-state index is 0.0499. The monoisotopic (exact) mass is 252 g/mol. The Bertz CT molecular complexity index is 459. The third-order valence-corrected chi connectivity index (χ3v) is 2.45. The van der Waals surface area contributed by atoms with Crippen molar-refractivity contribution in [2.75, 3.05) is 11.9 Å². The van der Waals surface area contributed by atoms with Crippen molar-refractivity contribution in [2.24, 2.45) is 0 Å². The van der Waals surface area contributed by atoms with Crippen molar-refractivity contribution < 1.29 is 14.5 Å². The first-order chi connectivity index (χ1) is 8.47. The summed E-state index contributed by atoms with van der Waals surface area (Å²) < 4.78 is 4.84. The number of esters is 1. The van der Waals surface area contributed by atoms with E-state index in [-0.39, 0.29) is 12.3 Å². The highest BCUT2D eigenvalue weighted by molar-refractivity contribution is 5.81. The van der Waals surface area contributed by atoms with Crippen molar-refractivity contribution in [3.63, 3.8) is 0 Å². The molecule has 0 aromatic heterocycles. The van der Waals surface area contributed by atoms with Crippen LogP contribution in [0.5, 0.6) is 0 Å². The zero-order valence-electron chi connectivity index (χ0n) is 10.6. The van der Waals surface area contributed by atoms with Gasteiger partial charge < -0.3 is 10.1 Å². The minimum atomic E-state index is -0.634. The van der Waals surface area contributed by atoms with E-state index in [0.29, 0.717) is 11.3 Å². The van der Waals surface area contributed by atoms with Crippen molar-refractivity contribution in [2.45, 2.75) is 26.8 Å². The molecule has 0 saturated heterocycles. The van der Waals surface area contributed by atoms with E-state index in [1.165, 1.54) is 6.07 Å². The lowest BCUT2D eigenvalue weighted by Crippen LogP contribution is -2.28. The van der Waals surface area contributed by atoms with Crippen LogP contribution in [0, 0.1) is 17.0 Å². The number of aryl methyl sites for hydroxylation is 1. The maximum absolute atomic E-state index is 11.5. The van der Waals surface area contributed by atoms with E-state index in [2.05, 4.69) is 5.32 Å². The number of nitrogens with zero attached hydrogens (tertiary/aromatic N) is 1. The molecule has 0 saturated carbocycles. The average molecular weight is 252 g/mol. The van der Waals surface area contributed by atoms with Crippen molar-refractivity contribution in [3.8, 4) is 0 Å². The first-order valence-corrected chi connectivity index (χ1v) is 5.64. The number of ether oxygens (including phenoxy) is 1. The number of carbonyl (C=O) groups is 1. The first kappa shape index (κ1) is 14.0. The largest absolute Gasteiger partial charge is 0.464 e. The van der Waals surface area contributed by atoms with Gasteiger partial charge in [0.15, 0.2) is 0 Å². The fraction of sp³-hybridized carbons (Fsp3) is 0.417. The maximum atomic E-state index is 11.5. The van der Waals surface area contributed by atoms with Crippen LogP contribution in [0.25, 0.3) is 0 Å². The van der Waals surface area contributed by atoms with Gasteiger partial charge in [0.25, 0.3) is 5.69 Å². The molecule has 6 nitrogen and oxygen atoms in total. The summed E-state index contributed by atoms with van der Waals surface area (Å²) in [7, 11) is 0. The van der Waals surface area contributed by atoms with Crippen LogP contribution >= 0.6 is 0 Å². The highest BCUT2D eigenvalue weighted by Gasteiger charge is 2.20. The predicted molar refractivity (Wildman–Crippen MR) is 67.6 cm³/mol. The van der Waals surface area contributed by atoms with Crippen LogP contribution in [-0.4, -0.2) is 23.5 Å². The number of nitrogens with one attached hydrogen (secondary N) is 1. The molecule has 6 heteroatoms. The molecule has 18 heavy (non-hydrogen) atoms. The van der Waals surface area contributed by atoms with Gasteiger partial charge in [0.05, 0.1) is 11.5 Å². The maximum Gasteiger partial charge on any atom is 0.328 e. The highest BCUT2D eigenvalue weighted by atomic mass is 16.6. The van der Waals surface area contributed by atoms with E-state index in [0.717, 1.165) is 0 Å². The van der Waals surface area contributed by atoms with Gasteiger partial charge in [-0.25, -0.2) is 4.79 Å². The second-order valence-electron chi connectivity index (χ2n) is 3.84. The fourth-order valence-electron chi connectivity index (χ4n) is 1.53. The SMILES string of the molecule is CCOC(=O)C(C)Nc1c(C)cccc1[N+](=O)[O-]. The minimum Gasteiger partial charge on any atom is -0.464 e. The number of nitro benzene ring substituents is 1. The summed E-state index contributed by atoms with van der Waals surface area (Å²) in [6.45, 7) is 5.34. The first-order valence-electron chi connectivity index (χ1n) is 5.64. The Kier molecular flexibility index (Phi) is 4.65. The van der Waals surface area contributed by atoms with Gasteiger partial charge in [-0.2, -0.15) is 0 Å². The number of hydrogen-bond acceptors (Lipinski definition) is 5. The highest BCUT2D eigenvalue weighted by Crippen LogP contribution is 2.28. The van der Waals surface area contributed by atoms with Crippen LogP contribution in [0.3, 0.4) is 0 Å². The normalized spacial score (nSPS) is 11.7. The number of anilines is 1. The van der Waals surface area contributed by atoms with Gasteiger partial charge >= 0.3 is 5.97 Å². The molecule has 0 fully saturated rings. The zero-order chi connectivity index (χ0) is 13.7. The number of hydrogen-bond donors (Lipinski definition) is 1. The molecule has 0 bridgehead atoms. The third kappa shape index (κ3) is 3.19. The van der Waals surface area contributed by atoms with Gasteiger partial charge in [-0.1, -0.05) is 12.1 Å². The molecule has 0 amide bonds. The van der Waals surface area contributed by atoms with Gasteiger partial charge in [-0.05, 0) is 26.3 Å². The molecule has 1 aromatic rings. The van der Waals surface area contributed by atoms with Crippen LogP contribution in [-0.2, 0) is 9.53 Å². The molecular weight excluding hydrogens is 236 g/mol. The van der Waals surface area contributed by atoms with Crippen molar-refractivity contribution in [3.05, 3.63) is 33.9 Å². The Morgan fingerprint density at radius 3 is 2.78 bits per heavy atom.